The molecule has 2 aromatic heterocycles. The van der Waals surface area contributed by atoms with Crippen molar-refractivity contribution in [2.45, 2.75) is 6.54 Å². The average Bonchev–Trinajstić information content (AvgIpc) is 3.58. The average molecular weight is 549 g/mol. The first-order chi connectivity index (χ1) is 19.4. The summed E-state index contributed by atoms with van der Waals surface area (Å²) < 4.78 is 7.68. The van der Waals surface area contributed by atoms with Crippen molar-refractivity contribution >= 4 is 34.6 Å². The number of carbonyl (C=O) groups is 1. The number of nitrogens with zero attached hydrogens (tertiary/aromatic N) is 3. The van der Waals surface area contributed by atoms with Crippen molar-refractivity contribution in [1.29, 1.82) is 5.26 Å². The summed E-state index contributed by atoms with van der Waals surface area (Å²) in [6.07, 6.45) is 1.54. The number of amides is 1. The van der Waals surface area contributed by atoms with E-state index in [2.05, 4.69) is 5.32 Å². The number of carbonyl (C=O) groups excluding carboxylic acids is 1. The second kappa shape index (κ2) is 11.5. The lowest BCUT2D eigenvalue weighted by molar-refractivity contribution is -0.384. The third-order valence-electron chi connectivity index (χ3n) is 5.95. The van der Waals surface area contributed by atoms with Crippen molar-refractivity contribution < 1.29 is 14.1 Å². The van der Waals surface area contributed by atoms with Crippen LogP contribution in [0.25, 0.3) is 28.7 Å². The zero-order chi connectivity index (χ0) is 28.1. The summed E-state index contributed by atoms with van der Waals surface area (Å²) in [5.41, 5.74) is 1.38. The molecule has 0 saturated heterocycles. The monoisotopic (exact) mass is 548 g/mol. The molecule has 10 heteroatoms. The van der Waals surface area contributed by atoms with E-state index in [-0.39, 0.29) is 27.0 Å². The summed E-state index contributed by atoms with van der Waals surface area (Å²) in [7, 11) is 0. The minimum absolute atomic E-state index is 0.0352. The largest absolute Gasteiger partial charge is 0.457 e. The van der Waals surface area contributed by atoms with Crippen molar-refractivity contribution in [1.82, 2.24) is 9.88 Å². The van der Waals surface area contributed by atoms with E-state index in [0.717, 1.165) is 16.9 Å². The first kappa shape index (κ1) is 26.1. The molecular formula is C30H20N4O5S. The number of nitriles is 1. The fourth-order valence-corrected chi connectivity index (χ4v) is 5.07. The van der Waals surface area contributed by atoms with E-state index in [4.69, 9.17) is 4.42 Å². The normalized spacial score (nSPS) is 12.0. The van der Waals surface area contributed by atoms with Gasteiger partial charge in [0.25, 0.3) is 17.2 Å². The van der Waals surface area contributed by atoms with Crippen LogP contribution in [-0.2, 0) is 11.3 Å². The molecular weight excluding hydrogens is 528 g/mol. The smallest absolute Gasteiger partial charge is 0.273 e. The maximum Gasteiger partial charge on any atom is 0.273 e. The van der Waals surface area contributed by atoms with Gasteiger partial charge in [0.1, 0.15) is 22.3 Å². The zero-order valence-corrected chi connectivity index (χ0v) is 21.6. The van der Waals surface area contributed by atoms with Crippen LogP contribution in [0.2, 0.25) is 0 Å². The Bertz CT molecular complexity index is 1920. The van der Waals surface area contributed by atoms with Gasteiger partial charge < -0.3 is 9.73 Å². The number of hydrogen-bond donors (Lipinski definition) is 1. The zero-order valence-electron chi connectivity index (χ0n) is 20.8. The summed E-state index contributed by atoms with van der Waals surface area (Å²) in [5, 5.41) is 23.7. The molecule has 40 heavy (non-hydrogen) atoms. The summed E-state index contributed by atoms with van der Waals surface area (Å²) in [6.45, 7) is 0.225. The lowest BCUT2D eigenvalue weighted by Crippen LogP contribution is -2.33. The molecule has 0 spiro atoms. The Hall–Kier alpha value is -5.53. The number of hydrogen-bond acceptors (Lipinski definition) is 7. The Labute approximate surface area is 231 Å². The number of benzene rings is 3. The quantitative estimate of drug-likeness (QED) is 0.243. The van der Waals surface area contributed by atoms with Crippen molar-refractivity contribution in [2.75, 3.05) is 0 Å². The Kier molecular flexibility index (Phi) is 7.48. The van der Waals surface area contributed by atoms with Gasteiger partial charge in [-0.05, 0) is 42.0 Å². The minimum Gasteiger partial charge on any atom is -0.457 e. The number of non-ortho nitro benzene ring substituents is 1. The molecule has 1 amide bonds. The number of aromatic nitrogens is 1. The highest BCUT2D eigenvalue weighted by Crippen LogP contribution is 2.24. The molecule has 0 aliphatic carbocycles. The SMILES string of the molecule is N#C/C(C(=O)NCc1ccccc1)=c1\s/c(=C/c2ccc(-c3ccc([N+](=O)[O-])cc3)o2)c(=O)n1-c1ccccc1. The standard InChI is InChI=1S/C30H20N4O5S/c31-18-25(28(35)32-19-20-7-3-1-4-8-20)30-33(22-9-5-2-6-10-22)29(36)27(40-30)17-24-15-16-26(39-24)21-11-13-23(14-12-21)34(37)38/h1-17H,19H2,(H,32,35)/b27-17+,30-25+. The third-order valence-corrected chi connectivity index (χ3v) is 7.04. The summed E-state index contributed by atoms with van der Waals surface area (Å²) >= 11 is 1.01. The van der Waals surface area contributed by atoms with Crippen LogP contribution in [0.3, 0.4) is 0 Å². The molecule has 0 aliphatic heterocycles. The van der Waals surface area contributed by atoms with Crippen LogP contribution < -0.4 is 20.1 Å². The first-order valence-electron chi connectivity index (χ1n) is 12.0. The molecule has 5 aromatic rings. The van der Waals surface area contributed by atoms with Gasteiger partial charge in [-0.1, -0.05) is 48.5 Å². The molecule has 9 nitrogen and oxygen atoms in total. The molecule has 0 atom stereocenters. The second-order valence-corrected chi connectivity index (χ2v) is 9.58. The van der Waals surface area contributed by atoms with Gasteiger partial charge in [0.05, 0.1) is 15.1 Å². The van der Waals surface area contributed by atoms with Gasteiger partial charge >= 0.3 is 0 Å². The highest BCUT2D eigenvalue weighted by atomic mass is 32.1. The molecule has 0 saturated carbocycles. The van der Waals surface area contributed by atoms with E-state index >= 15 is 0 Å². The van der Waals surface area contributed by atoms with Crippen LogP contribution in [0.1, 0.15) is 11.3 Å². The summed E-state index contributed by atoms with van der Waals surface area (Å²) in [6, 6.07) is 29.3. The topological polar surface area (TPSA) is 131 Å². The Morgan fingerprint density at radius 2 is 1.68 bits per heavy atom. The predicted molar refractivity (Wildman–Crippen MR) is 151 cm³/mol. The lowest BCUT2D eigenvalue weighted by atomic mass is 10.1. The van der Waals surface area contributed by atoms with Crippen molar-refractivity contribution in [3.63, 3.8) is 0 Å². The first-order valence-corrected chi connectivity index (χ1v) is 12.9. The van der Waals surface area contributed by atoms with Crippen LogP contribution >= 0.6 is 11.3 Å². The predicted octanol–water partition coefficient (Wildman–Crippen LogP) is 3.89. The van der Waals surface area contributed by atoms with Gasteiger partial charge in [-0.25, -0.2) is 0 Å². The lowest BCUT2D eigenvalue weighted by Gasteiger charge is -2.06. The molecule has 0 fully saturated rings. The highest BCUT2D eigenvalue weighted by Gasteiger charge is 2.17. The fourth-order valence-electron chi connectivity index (χ4n) is 3.99. The van der Waals surface area contributed by atoms with Gasteiger partial charge in [-0.2, -0.15) is 5.26 Å². The van der Waals surface area contributed by atoms with Crippen molar-refractivity contribution in [2.24, 2.45) is 0 Å². The molecule has 5 rings (SSSR count). The molecule has 1 N–H and O–H groups in total. The second-order valence-electron chi connectivity index (χ2n) is 8.55. The molecule has 196 valence electrons. The number of rotatable bonds is 7. The van der Waals surface area contributed by atoms with Gasteiger partial charge in [0, 0.05) is 30.3 Å². The minimum atomic E-state index is -0.595. The van der Waals surface area contributed by atoms with Gasteiger partial charge in [-0.15, -0.1) is 11.3 Å². The Morgan fingerprint density at radius 3 is 2.33 bits per heavy atom. The van der Waals surface area contributed by atoms with Crippen molar-refractivity contribution in [3.05, 3.63) is 138 Å². The number of nitro groups is 1. The van der Waals surface area contributed by atoms with E-state index < -0.39 is 16.4 Å². The van der Waals surface area contributed by atoms with E-state index in [9.17, 15) is 25.0 Å². The third kappa shape index (κ3) is 5.50. The molecule has 0 bridgehead atoms. The van der Waals surface area contributed by atoms with Crippen LogP contribution in [0.15, 0.2) is 106 Å². The molecule has 2 heterocycles. The van der Waals surface area contributed by atoms with Gasteiger partial charge in [-0.3, -0.25) is 24.3 Å². The number of furan rings is 1. The molecule has 0 aliphatic rings. The van der Waals surface area contributed by atoms with Crippen LogP contribution in [0.5, 0.6) is 0 Å². The van der Waals surface area contributed by atoms with E-state index in [0.29, 0.717) is 22.8 Å². The summed E-state index contributed by atoms with van der Waals surface area (Å²) in [5.74, 6) is 0.235. The van der Waals surface area contributed by atoms with E-state index in [1.54, 1.807) is 60.7 Å². The van der Waals surface area contributed by atoms with E-state index in [1.807, 2.05) is 36.4 Å². The fraction of sp³-hybridized carbons (Fsp3) is 0.0333. The number of para-hydroxylation sites is 1. The molecule has 3 aromatic carbocycles. The Morgan fingerprint density at radius 1 is 1.00 bits per heavy atom. The highest BCUT2D eigenvalue weighted by molar-refractivity contribution is 7.07. The number of thiazole rings is 1. The number of nitro benzene ring substituents is 1. The maximum absolute atomic E-state index is 13.6. The summed E-state index contributed by atoms with van der Waals surface area (Å²) in [4.78, 5) is 37.1. The Balaban J connectivity index is 1.58. The van der Waals surface area contributed by atoms with Crippen LogP contribution in [0.4, 0.5) is 5.69 Å². The van der Waals surface area contributed by atoms with Crippen LogP contribution in [-0.4, -0.2) is 15.4 Å². The van der Waals surface area contributed by atoms with Gasteiger partial charge in [0.15, 0.2) is 5.57 Å². The van der Waals surface area contributed by atoms with E-state index in [1.165, 1.54) is 16.7 Å². The van der Waals surface area contributed by atoms with Gasteiger partial charge in [0.2, 0.25) is 0 Å². The molecule has 0 radical (unpaired) electrons. The maximum atomic E-state index is 13.6. The molecule has 0 unspecified atom stereocenters. The van der Waals surface area contributed by atoms with Crippen molar-refractivity contribution in [3.8, 4) is 23.1 Å². The number of nitrogens with one attached hydrogen (secondary N) is 1. The van der Waals surface area contributed by atoms with Crippen LogP contribution in [0, 0.1) is 21.4 Å².